The van der Waals surface area contributed by atoms with E-state index < -0.39 is 0 Å². The number of nitrogens with zero attached hydrogens (tertiary/aromatic N) is 3. The molecule has 4 aliphatic heterocycles. The molecule has 5 rings (SSSR count). The Labute approximate surface area is 129 Å². The lowest BCUT2D eigenvalue weighted by Crippen LogP contribution is -2.56. The molecule has 0 aliphatic carbocycles. The minimum absolute atomic E-state index is 0.267. The van der Waals surface area contributed by atoms with E-state index in [0.29, 0.717) is 22.0 Å². The Morgan fingerprint density at radius 2 is 1.85 bits per heavy atom. The van der Waals surface area contributed by atoms with Crippen molar-refractivity contribution in [2.24, 2.45) is 11.0 Å². The number of hydrogen-bond acceptors (Lipinski definition) is 3. The number of halogens is 2. The van der Waals surface area contributed by atoms with Crippen LogP contribution < -0.4 is 0 Å². The molecule has 106 valence electrons. The first-order valence-corrected chi connectivity index (χ1v) is 7.91. The summed E-state index contributed by atoms with van der Waals surface area (Å²) in [6, 6.07) is 6.65. The van der Waals surface area contributed by atoms with Gasteiger partial charge in [0.1, 0.15) is 0 Å². The number of hydrogen-bond donors (Lipinski definition) is 0. The number of piperidine rings is 3. The Morgan fingerprint density at radius 1 is 1.10 bits per heavy atom. The minimum Gasteiger partial charge on any atom is -0.293 e. The van der Waals surface area contributed by atoms with Gasteiger partial charge in [-0.15, -0.1) is 0 Å². The molecule has 0 unspecified atom stereocenters. The maximum atomic E-state index is 6.19. The highest BCUT2D eigenvalue weighted by Crippen LogP contribution is 2.43. The SMILES string of the molecule is CN1N=C2C3CCN(CC3)[C@H]2[C@H]1c1ccc(Cl)c(Cl)c1. The third kappa shape index (κ3) is 1.80. The summed E-state index contributed by atoms with van der Waals surface area (Å²) in [5, 5.41) is 8.18. The van der Waals surface area contributed by atoms with Gasteiger partial charge in [-0.2, -0.15) is 5.10 Å². The van der Waals surface area contributed by atoms with Gasteiger partial charge in [0, 0.05) is 13.0 Å². The monoisotopic (exact) mass is 309 g/mol. The molecule has 2 bridgehead atoms. The zero-order valence-corrected chi connectivity index (χ0v) is 12.9. The van der Waals surface area contributed by atoms with Crippen LogP contribution >= 0.6 is 23.2 Å². The quantitative estimate of drug-likeness (QED) is 0.791. The second kappa shape index (κ2) is 4.62. The molecule has 1 aromatic rings. The van der Waals surface area contributed by atoms with Crippen LogP contribution in [-0.4, -0.2) is 41.8 Å². The minimum atomic E-state index is 0.267. The van der Waals surface area contributed by atoms with Crippen LogP contribution in [-0.2, 0) is 0 Å². The van der Waals surface area contributed by atoms with Crippen molar-refractivity contribution in [1.82, 2.24) is 9.91 Å². The highest BCUT2D eigenvalue weighted by molar-refractivity contribution is 6.42. The average molecular weight is 310 g/mol. The lowest BCUT2D eigenvalue weighted by molar-refractivity contribution is 0.107. The fraction of sp³-hybridized carbons (Fsp3) is 0.533. The molecule has 3 nitrogen and oxygen atoms in total. The first-order chi connectivity index (χ1) is 9.65. The van der Waals surface area contributed by atoms with Crippen LogP contribution in [0.25, 0.3) is 0 Å². The third-order valence-electron chi connectivity index (χ3n) is 4.90. The highest BCUT2D eigenvalue weighted by atomic mass is 35.5. The van der Waals surface area contributed by atoms with Crippen molar-refractivity contribution in [3.8, 4) is 0 Å². The van der Waals surface area contributed by atoms with E-state index in [1.165, 1.54) is 37.2 Å². The second-order valence-corrected chi connectivity index (χ2v) is 6.79. The van der Waals surface area contributed by atoms with E-state index in [-0.39, 0.29) is 6.04 Å². The van der Waals surface area contributed by atoms with Crippen LogP contribution in [0.1, 0.15) is 24.4 Å². The Bertz CT molecular complexity index is 578. The average Bonchev–Trinajstić information content (AvgIpc) is 2.82. The molecule has 2 atom stereocenters. The van der Waals surface area contributed by atoms with Gasteiger partial charge in [-0.05, 0) is 43.6 Å². The van der Waals surface area contributed by atoms with Crippen LogP contribution in [0.4, 0.5) is 0 Å². The number of fused-ring (bicyclic) bond motifs is 2. The van der Waals surface area contributed by atoms with Gasteiger partial charge in [-0.3, -0.25) is 9.91 Å². The van der Waals surface area contributed by atoms with Crippen LogP contribution in [0.3, 0.4) is 0 Å². The molecule has 3 saturated heterocycles. The fourth-order valence-corrected chi connectivity index (χ4v) is 4.25. The molecule has 0 saturated carbocycles. The van der Waals surface area contributed by atoms with E-state index in [0.717, 1.165) is 0 Å². The van der Waals surface area contributed by atoms with E-state index >= 15 is 0 Å². The lowest BCUT2D eigenvalue weighted by Gasteiger charge is -2.46. The van der Waals surface area contributed by atoms with Gasteiger partial charge in [-0.25, -0.2) is 0 Å². The van der Waals surface area contributed by atoms with E-state index in [2.05, 4.69) is 23.0 Å². The number of likely N-dealkylation sites (N-methyl/N-ethyl adjacent to an activating group) is 1. The van der Waals surface area contributed by atoms with Crippen molar-refractivity contribution in [3.05, 3.63) is 33.8 Å². The molecule has 0 N–H and O–H groups in total. The molecule has 20 heavy (non-hydrogen) atoms. The van der Waals surface area contributed by atoms with Gasteiger partial charge in [0.15, 0.2) is 0 Å². The zero-order valence-electron chi connectivity index (χ0n) is 11.4. The number of hydrazone groups is 1. The van der Waals surface area contributed by atoms with E-state index in [4.69, 9.17) is 28.3 Å². The van der Waals surface area contributed by atoms with Crippen LogP contribution in [0.15, 0.2) is 23.3 Å². The third-order valence-corrected chi connectivity index (χ3v) is 5.64. The predicted octanol–water partition coefficient (Wildman–Crippen LogP) is 3.43. The normalized spacial score (nSPS) is 35.1. The van der Waals surface area contributed by atoms with Crippen molar-refractivity contribution in [2.75, 3.05) is 20.1 Å². The van der Waals surface area contributed by atoms with Crippen molar-refractivity contribution in [1.29, 1.82) is 0 Å². The number of rotatable bonds is 1. The van der Waals surface area contributed by atoms with E-state index in [1.807, 2.05) is 12.1 Å². The molecule has 3 fully saturated rings. The molecule has 5 heteroatoms. The standard InChI is InChI=1S/C15H17Cl2N3/c1-19-14(10-2-3-11(16)12(17)8-10)15-13(18-19)9-4-6-20(15)7-5-9/h2-3,8-9,14-15H,4-7H2,1H3/t14-,15-/m1/s1. The molecule has 1 aromatic carbocycles. The van der Waals surface area contributed by atoms with Crippen LogP contribution in [0, 0.1) is 5.92 Å². The van der Waals surface area contributed by atoms with Crippen molar-refractivity contribution in [2.45, 2.75) is 24.9 Å². The van der Waals surface area contributed by atoms with Crippen molar-refractivity contribution in [3.63, 3.8) is 0 Å². The molecule has 4 heterocycles. The van der Waals surface area contributed by atoms with Gasteiger partial charge in [0.05, 0.1) is 27.8 Å². The summed E-state index contributed by atoms with van der Waals surface area (Å²) in [5.41, 5.74) is 2.58. The maximum absolute atomic E-state index is 6.19. The van der Waals surface area contributed by atoms with Gasteiger partial charge in [0.25, 0.3) is 0 Å². The smallest absolute Gasteiger partial charge is 0.0926 e. The molecule has 0 spiro atoms. The van der Waals surface area contributed by atoms with Gasteiger partial charge in [0.2, 0.25) is 0 Å². The Kier molecular flexibility index (Phi) is 2.99. The Balaban J connectivity index is 1.74. The van der Waals surface area contributed by atoms with Crippen molar-refractivity contribution < 1.29 is 0 Å². The summed E-state index contributed by atoms with van der Waals surface area (Å²) in [6.07, 6.45) is 2.52. The number of benzene rings is 1. The van der Waals surface area contributed by atoms with Crippen LogP contribution in [0.5, 0.6) is 0 Å². The van der Waals surface area contributed by atoms with E-state index in [9.17, 15) is 0 Å². The highest BCUT2D eigenvalue weighted by Gasteiger charge is 2.48. The van der Waals surface area contributed by atoms with E-state index in [1.54, 1.807) is 0 Å². The topological polar surface area (TPSA) is 18.8 Å². The molecule has 0 amide bonds. The molecule has 4 aliphatic rings. The first-order valence-electron chi connectivity index (χ1n) is 7.15. The Hall–Kier alpha value is -0.770. The van der Waals surface area contributed by atoms with Gasteiger partial charge >= 0.3 is 0 Å². The summed E-state index contributed by atoms with van der Waals surface area (Å²) in [4.78, 5) is 2.58. The summed E-state index contributed by atoms with van der Waals surface area (Å²) in [7, 11) is 2.07. The Morgan fingerprint density at radius 3 is 2.55 bits per heavy atom. The summed E-state index contributed by atoms with van der Waals surface area (Å²) in [6.45, 7) is 2.39. The summed E-state index contributed by atoms with van der Waals surface area (Å²) >= 11 is 12.2. The summed E-state index contributed by atoms with van der Waals surface area (Å²) in [5.74, 6) is 0.681. The second-order valence-electron chi connectivity index (χ2n) is 5.97. The zero-order chi connectivity index (χ0) is 13.9. The molecular formula is C15H17Cl2N3. The molecule has 0 radical (unpaired) electrons. The predicted molar refractivity (Wildman–Crippen MR) is 82.5 cm³/mol. The molecular weight excluding hydrogens is 293 g/mol. The fourth-order valence-electron chi connectivity index (χ4n) is 3.95. The first kappa shape index (κ1) is 12.9. The maximum Gasteiger partial charge on any atom is 0.0926 e. The lowest BCUT2D eigenvalue weighted by atomic mass is 9.78. The van der Waals surface area contributed by atoms with Gasteiger partial charge in [-0.1, -0.05) is 29.3 Å². The van der Waals surface area contributed by atoms with Crippen LogP contribution in [0.2, 0.25) is 10.0 Å². The summed E-state index contributed by atoms with van der Waals surface area (Å²) < 4.78 is 0. The largest absolute Gasteiger partial charge is 0.293 e. The van der Waals surface area contributed by atoms with Gasteiger partial charge < -0.3 is 0 Å². The van der Waals surface area contributed by atoms with Crippen molar-refractivity contribution >= 4 is 28.9 Å². The molecule has 0 aromatic heterocycles.